The highest BCUT2D eigenvalue weighted by Crippen LogP contribution is 2.20. The van der Waals surface area contributed by atoms with E-state index in [0.29, 0.717) is 18.8 Å². The highest BCUT2D eigenvalue weighted by Gasteiger charge is 2.22. The van der Waals surface area contributed by atoms with Gasteiger partial charge in [-0.3, -0.25) is 4.99 Å². The molecular formula is C21H39IN6O2. The normalized spacial score (nSPS) is 20.2. The summed E-state index contributed by atoms with van der Waals surface area (Å²) in [6.07, 6.45) is 12.5. The summed E-state index contributed by atoms with van der Waals surface area (Å²) >= 11 is 0. The standard InChI is InChI=1S/C21H38N6O2.HI/c1-22-21(23-13-7-8-14-29-18-9-5-3-4-6-10-18)24-17-11-12-20-25-19(16-28-2)26-27(20)15-17;/h17-18H,3-16H2,1-2H3,(H2,22,23,24);1H. The molecule has 3 rings (SSSR count). The Morgan fingerprint density at radius 1 is 1.17 bits per heavy atom. The maximum atomic E-state index is 6.07. The van der Waals surface area contributed by atoms with E-state index in [4.69, 9.17) is 9.47 Å². The smallest absolute Gasteiger partial charge is 0.191 e. The minimum absolute atomic E-state index is 0. The lowest BCUT2D eigenvalue weighted by Crippen LogP contribution is -2.47. The van der Waals surface area contributed by atoms with Crippen LogP contribution in [0.2, 0.25) is 0 Å². The molecule has 0 amide bonds. The highest BCUT2D eigenvalue weighted by atomic mass is 127. The van der Waals surface area contributed by atoms with Crippen LogP contribution in [0.4, 0.5) is 0 Å². The van der Waals surface area contributed by atoms with Crippen LogP contribution in [0.25, 0.3) is 0 Å². The summed E-state index contributed by atoms with van der Waals surface area (Å²) in [5.74, 6) is 2.67. The summed E-state index contributed by atoms with van der Waals surface area (Å²) in [6.45, 7) is 3.06. The number of halogens is 1. The van der Waals surface area contributed by atoms with Gasteiger partial charge >= 0.3 is 0 Å². The van der Waals surface area contributed by atoms with E-state index in [1.54, 1.807) is 7.11 Å². The first-order valence-electron chi connectivity index (χ1n) is 11.3. The molecule has 0 spiro atoms. The van der Waals surface area contributed by atoms with Gasteiger partial charge in [0.2, 0.25) is 0 Å². The molecule has 2 aliphatic rings. The Bertz CT molecular complexity index is 631. The first-order chi connectivity index (χ1) is 14.3. The van der Waals surface area contributed by atoms with Crippen molar-refractivity contribution in [2.24, 2.45) is 4.99 Å². The number of aryl methyl sites for hydroxylation is 1. The van der Waals surface area contributed by atoms with Gasteiger partial charge in [-0.15, -0.1) is 24.0 Å². The van der Waals surface area contributed by atoms with Gasteiger partial charge < -0.3 is 20.1 Å². The van der Waals surface area contributed by atoms with Crippen LogP contribution in [0, 0.1) is 0 Å². The maximum Gasteiger partial charge on any atom is 0.191 e. The van der Waals surface area contributed by atoms with E-state index >= 15 is 0 Å². The van der Waals surface area contributed by atoms with Crippen LogP contribution in [0.3, 0.4) is 0 Å². The van der Waals surface area contributed by atoms with Crippen molar-refractivity contribution in [1.82, 2.24) is 25.4 Å². The van der Waals surface area contributed by atoms with Gasteiger partial charge in [0.05, 0.1) is 12.6 Å². The first-order valence-corrected chi connectivity index (χ1v) is 11.3. The number of hydrogen-bond donors (Lipinski definition) is 2. The van der Waals surface area contributed by atoms with Crippen LogP contribution < -0.4 is 10.6 Å². The number of aromatic nitrogens is 3. The van der Waals surface area contributed by atoms with Crippen LogP contribution in [-0.2, 0) is 29.0 Å². The number of aliphatic imine (C=N–C) groups is 1. The molecule has 9 heteroatoms. The Labute approximate surface area is 198 Å². The summed E-state index contributed by atoms with van der Waals surface area (Å²) in [5.41, 5.74) is 0. The molecule has 1 aromatic heterocycles. The van der Waals surface area contributed by atoms with Gasteiger partial charge in [-0.25, -0.2) is 9.67 Å². The number of hydrogen-bond acceptors (Lipinski definition) is 5. The molecular weight excluding hydrogens is 495 g/mol. The third-order valence-corrected chi connectivity index (χ3v) is 5.76. The molecule has 2 N–H and O–H groups in total. The monoisotopic (exact) mass is 534 g/mol. The van der Waals surface area contributed by atoms with E-state index in [1.165, 1.54) is 38.5 Å². The number of methoxy groups -OCH3 is 1. The fraction of sp³-hybridized carbons (Fsp3) is 0.857. The van der Waals surface area contributed by atoms with Crippen molar-refractivity contribution in [2.45, 2.75) is 89.5 Å². The van der Waals surface area contributed by atoms with Crippen molar-refractivity contribution in [3.05, 3.63) is 11.6 Å². The van der Waals surface area contributed by atoms with Crippen LogP contribution in [0.1, 0.15) is 69.4 Å². The Hall–Kier alpha value is -0.940. The molecule has 2 heterocycles. The number of rotatable bonds is 9. The summed E-state index contributed by atoms with van der Waals surface area (Å²) in [7, 11) is 3.49. The fourth-order valence-electron chi connectivity index (χ4n) is 4.15. The molecule has 0 bridgehead atoms. The summed E-state index contributed by atoms with van der Waals surface area (Å²) in [5, 5.41) is 11.5. The second kappa shape index (κ2) is 14.2. The van der Waals surface area contributed by atoms with E-state index in [2.05, 4.69) is 25.7 Å². The summed E-state index contributed by atoms with van der Waals surface area (Å²) in [6, 6.07) is 0.310. The lowest BCUT2D eigenvalue weighted by Gasteiger charge is -2.25. The number of guanidine groups is 1. The van der Waals surface area contributed by atoms with E-state index in [1.807, 2.05) is 11.7 Å². The minimum Gasteiger partial charge on any atom is -0.378 e. The Morgan fingerprint density at radius 3 is 2.70 bits per heavy atom. The van der Waals surface area contributed by atoms with Crippen molar-refractivity contribution in [2.75, 3.05) is 27.3 Å². The van der Waals surface area contributed by atoms with E-state index in [0.717, 1.165) is 63.0 Å². The molecule has 1 unspecified atom stereocenters. The quantitative estimate of drug-likeness (QED) is 0.167. The molecule has 1 fully saturated rings. The number of nitrogens with zero attached hydrogens (tertiary/aromatic N) is 4. The number of nitrogens with one attached hydrogen (secondary N) is 2. The van der Waals surface area contributed by atoms with Gasteiger partial charge in [-0.05, 0) is 32.1 Å². The zero-order chi connectivity index (χ0) is 20.3. The second-order valence-corrected chi connectivity index (χ2v) is 8.13. The van der Waals surface area contributed by atoms with Crippen molar-refractivity contribution in [3.63, 3.8) is 0 Å². The molecule has 0 saturated heterocycles. The van der Waals surface area contributed by atoms with Crippen LogP contribution in [0.15, 0.2) is 4.99 Å². The SMILES string of the molecule is CN=C(NCCCCOC1CCCCCC1)NC1CCc2nc(COC)nn2C1.I. The van der Waals surface area contributed by atoms with Gasteiger partial charge in [-0.1, -0.05) is 25.7 Å². The van der Waals surface area contributed by atoms with Crippen molar-refractivity contribution in [1.29, 1.82) is 0 Å². The maximum absolute atomic E-state index is 6.07. The highest BCUT2D eigenvalue weighted by molar-refractivity contribution is 14.0. The van der Waals surface area contributed by atoms with Crippen LogP contribution >= 0.6 is 24.0 Å². The molecule has 1 atom stereocenters. The Kier molecular flexibility index (Phi) is 12.0. The second-order valence-electron chi connectivity index (χ2n) is 8.13. The zero-order valence-corrected chi connectivity index (χ0v) is 20.9. The van der Waals surface area contributed by atoms with Crippen molar-refractivity contribution < 1.29 is 9.47 Å². The van der Waals surface area contributed by atoms with E-state index < -0.39 is 0 Å². The van der Waals surface area contributed by atoms with E-state index in [9.17, 15) is 0 Å². The molecule has 0 aromatic carbocycles. The fourth-order valence-corrected chi connectivity index (χ4v) is 4.15. The van der Waals surface area contributed by atoms with E-state index in [-0.39, 0.29) is 24.0 Å². The number of unbranched alkanes of at least 4 members (excludes halogenated alkanes) is 1. The molecule has 1 saturated carbocycles. The summed E-state index contributed by atoms with van der Waals surface area (Å²) in [4.78, 5) is 8.90. The van der Waals surface area contributed by atoms with Crippen molar-refractivity contribution >= 4 is 29.9 Å². The third kappa shape index (κ3) is 8.30. The zero-order valence-electron chi connectivity index (χ0n) is 18.6. The molecule has 1 aromatic rings. The average Bonchev–Trinajstić information content (AvgIpc) is 2.94. The van der Waals surface area contributed by atoms with Gasteiger partial charge in [0.15, 0.2) is 11.8 Å². The third-order valence-electron chi connectivity index (χ3n) is 5.76. The first kappa shape index (κ1) is 25.3. The number of ether oxygens (including phenoxy) is 2. The van der Waals surface area contributed by atoms with Crippen LogP contribution in [-0.4, -0.2) is 60.2 Å². The van der Waals surface area contributed by atoms with Gasteiger partial charge in [0.25, 0.3) is 0 Å². The lowest BCUT2D eigenvalue weighted by atomic mass is 10.1. The topological polar surface area (TPSA) is 85.6 Å². The largest absolute Gasteiger partial charge is 0.378 e. The molecule has 30 heavy (non-hydrogen) atoms. The van der Waals surface area contributed by atoms with Crippen LogP contribution in [0.5, 0.6) is 0 Å². The molecule has 1 aliphatic heterocycles. The average molecular weight is 534 g/mol. The van der Waals surface area contributed by atoms with Gasteiger partial charge in [0.1, 0.15) is 12.4 Å². The molecule has 172 valence electrons. The predicted molar refractivity (Wildman–Crippen MR) is 129 cm³/mol. The van der Waals surface area contributed by atoms with Gasteiger partial charge in [0, 0.05) is 39.8 Å². The van der Waals surface area contributed by atoms with Gasteiger partial charge in [-0.2, -0.15) is 5.10 Å². The Morgan fingerprint density at radius 2 is 1.97 bits per heavy atom. The Balaban J connectivity index is 0.00000320. The molecule has 1 aliphatic carbocycles. The lowest BCUT2D eigenvalue weighted by molar-refractivity contribution is 0.0411. The summed E-state index contributed by atoms with van der Waals surface area (Å²) < 4.78 is 13.2. The predicted octanol–water partition coefficient (Wildman–Crippen LogP) is 3.04. The molecule has 0 radical (unpaired) electrons. The minimum atomic E-state index is 0. The van der Waals surface area contributed by atoms with Crippen molar-refractivity contribution in [3.8, 4) is 0 Å². The number of fused-ring (bicyclic) bond motifs is 1. The molecule has 8 nitrogen and oxygen atoms in total.